The van der Waals surface area contributed by atoms with E-state index in [4.69, 9.17) is 4.74 Å². The van der Waals surface area contributed by atoms with Crippen molar-refractivity contribution < 1.29 is 14.6 Å². The first-order valence-corrected chi connectivity index (χ1v) is 4.71. The standard InChI is InChI=1S/C11H12O3/c12-10-4-2-1-3-9(10)8-5-6-14-11(13)7-8/h1-4,8,12H,5-7H2. The van der Waals surface area contributed by atoms with Gasteiger partial charge >= 0.3 is 5.97 Å². The summed E-state index contributed by atoms with van der Waals surface area (Å²) >= 11 is 0. The highest BCUT2D eigenvalue weighted by atomic mass is 16.5. The maximum absolute atomic E-state index is 11.1. The van der Waals surface area contributed by atoms with Crippen molar-refractivity contribution in [1.29, 1.82) is 0 Å². The third kappa shape index (κ3) is 1.71. The number of carbonyl (C=O) groups excluding carboxylic acids is 1. The second-order valence-electron chi connectivity index (χ2n) is 3.47. The summed E-state index contributed by atoms with van der Waals surface area (Å²) in [5.74, 6) is 0.203. The average Bonchev–Trinajstić information content (AvgIpc) is 2.18. The molecule has 1 heterocycles. The third-order valence-electron chi connectivity index (χ3n) is 2.52. The molecule has 3 heteroatoms. The van der Waals surface area contributed by atoms with Crippen LogP contribution in [0.3, 0.4) is 0 Å². The lowest BCUT2D eigenvalue weighted by molar-refractivity contribution is -0.147. The number of carbonyl (C=O) groups is 1. The molecular formula is C11H12O3. The smallest absolute Gasteiger partial charge is 0.306 e. The van der Waals surface area contributed by atoms with Crippen LogP contribution in [-0.4, -0.2) is 17.7 Å². The van der Waals surface area contributed by atoms with Gasteiger partial charge in [-0.3, -0.25) is 4.79 Å². The molecule has 1 unspecified atom stereocenters. The Labute approximate surface area is 82.3 Å². The van der Waals surface area contributed by atoms with E-state index >= 15 is 0 Å². The summed E-state index contributed by atoms with van der Waals surface area (Å²) in [5, 5.41) is 9.60. The number of aromatic hydroxyl groups is 1. The van der Waals surface area contributed by atoms with Crippen LogP contribution in [0.5, 0.6) is 5.75 Å². The van der Waals surface area contributed by atoms with Crippen molar-refractivity contribution in [3.05, 3.63) is 29.8 Å². The molecule has 0 aromatic heterocycles. The first-order valence-electron chi connectivity index (χ1n) is 4.71. The topological polar surface area (TPSA) is 46.5 Å². The molecule has 3 nitrogen and oxygen atoms in total. The van der Waals surface area contributed by atoms with Crippen LogP contribution in [0, 0.1) is 0 Å². The molecule has 1 N–H and O–H groups in total. The number of para-hydroxylation sites is 1. The second-order valence-corrected chi connectivity index (χ2v) is 3.47. The minimum absolute atomic E-state index is 0.109. The van der Waals surface area contributed by atoms with Gasteiger partial charge < -0.3 is 9.84 Å². The van der Waals surface area contributed by atoms with Crippen molar-refractivity contribution in [1.82, 2.24) is 0 Å². The van der Waals surface area contributed by atoms with E-state index in [0.717, 1.165) is 12.0 Å². The van der Waals surface area contributed by atoms with Gasteiger partial charge in [-0.2, -0.15) is 0 Å². The van der Waals surface area contributed by atoms with Crippen LogP contribution in [0.4, 0.5) is 0 Å². The first-order chi connectivity index (χ1) is 6.77. The molecule has 1 aromatic carbocycles. The number of hydrogen-bond donors (Lipinski definition) is 1. The molecule has 2 rings (SSSR count). The van der Waals surface area contributed by atoms with Crippen LogP contribution in [0.2, 0.25) is 0 Å². The quantitative estimate of drug-likeness (QED) is 0.690. The minimum atomic E-state index is -0.176. The van der Waals surface area contributed by atoms with E-state index < -0.39 is 0 Å². The Morgan fingerprint density at radius 1 is 1.36 bits per heavy atom. The van der Waals surface area contributed by atoms with Gasteiger partial charge in [0, 0.05) is 5.92 Å². The van der Waals surface area contributed by atoms with Crippen LogP contribution in [-0.2, 0) is 9.53 Å². The lowest BCUT2D eigenvalue weighted by Crippen LogP contribution is -2.19. The normalized spacial score (nSPS) is 21.7. The number of phenolic OH excluding ortho intramolecular Hbond substituents is 1. The van der Waals surface area contributed by atoms with Crippen LogP contribution in [0.25, 0.3) is 0 Å². The zero-order chi connectivity index (χ0) is 9.97. The van der Waals surface area contributed by atoms with E-state index in [1.807, 2.05) is 12.1 Å². The number of rotatable bonds is 1. The summed E-state index contributed by atoms with van der Waals surface area (Å²) in [6, 6.07) is 7.16. The van der Waals surface area contributed by atoms with Crippen LogP contribution < -0.4 is 0 Å². The number of benzene rings is 1. The van der Waals surface area contributed by atoms with Crippen molar-refractivity contribution in [2.75, 3.05) is 6.61 Å². The Hall–Kier alpha value is -1.51. The van der Waals surface area contributed by atoms with E-state index in [1.165, 1.54) is 0 Å². The first kappa shape index (κ1) is 9.06. The molecule has 1 aromatic rings. The number of phenols is 1. The van der Waals surface area contributed by atoms with E-state index in [0.29, 0.717) is 13.0 Å². The van der Waals surface area contributed by atoms with Gasteiger partial charge in [-0.25, -0.2) is 0 Å². The summed E-state index contributed by atoms with van der Waals surface area (Å²) < 4.78 is 4.85. The predicted octanol–water partition coefficient (Wildman–Crippen LogP) is 1.81. The van der Waals surface area contributed by atoms with Crippen LogP contribution >= 0.6 is 0 Å². The van der Waals surface area contributed by atoms with Gasteiger partial charge in [-0.1, -0.05) is 18.2 Å². The molecule has 74 valence electrons. The molecule has 0 aliphatic carbocycles. The average molecular weight is 192 g/mol. The maximum Gasteiger partial charge on any atom is 0.306 e. The summed E-state index contributed by atoms with van der Waals surface area (Å²) in [6.45, 7) is 0.456. The number of hydrogen-bond acceptors (Lipinski definition) is 3. The fourth-order valence-electron chi connectivity index (χ4n) is 1.78. The van der Waals surface area contributed by atoms with E-state index in [1.54, 1.807) is 12.1 Å². The molecule has 0 spiro atoms. The summed E-state index contributed by atoms with van der Waals surface area (Å²) in [4.78, 5) is 11.1. The Morgan fingerprint density at radius 3 is 2.86 bits per heavy atom. The molecule has 0 bridgehead atoms. The summed E-state index contributed by atoms with van der Waals surface area (Å²) in [5.41, 5.74) is 0.851. The lowest BCUT2D eigenvalue weighted by Gasteiger charge is -2.22. The lowest BCUT2D eigenvalue weighted by atomic mass is 9.91. The van der Waals surface area contributed by atoms with Crippen LogP contribution in [0.15, 0.2) is 24.3 Å². The zero-order valence-corrected chi connectivity index (χ0v) is 7.77. The van der Waals surface area contributed by atoms with Gasteiger partial charge in [0.1, 0.15) is 5.75 Å². The highest BCUT2D eigenvalue weighted by molar-refractivity contribution is 5.71. The fourth-order valence-corrected chi connectivity index (χ4v) is 1.78. The molecular weight excluding hydrogens is 180 g/mol. The maximum atomic E-state index is 11.1. The molecule has 1 saturated heterocycles. The van der Waals surface area contributed by atoms with E-state index in [2.05, 4.69) is 0 Å². The van der Waals surface area contributed by atoms with Crippen molar-refractivity contribution in [3.63, 3.8) is 0 Å². The Kier molecular flexibility index (Phi) is 2.39. The van der Waals surface area contributed by atoms with Crippen molar-refractivity contribution in [2.45, 2.75) is 18.8 Å². The largest absolute Gasteiger partial charge is 0.508 e. The van der Waals surface area contributed by atoms with Crippen molar-refractivity contribution in [2.24, 2.45) is 0 Å². The molecule has 1 aliphatic rings. The van der Waals surface area contributed by atoms with Gasteiger partial charge in [0.2, 0.25) is 0 Å². The van der Waals surface area contributed by atoms with Crippen molar-refractivity contribution in [3.8, 4) is 5.75 Å². The van der Waals surface area contributed by atoms with Crippen molar-refractivity contribution >= 4 is 5.97 Å². The molecule has 1 atom stereocenters. The Morgan fingerprint density at radius 2 is 2.14 bits per heavy atom. The van der Waals surface area contributed by atoms with E-state index in [9.17, 15) is 9.90 Å². The highest BCUT2D eigenvalue weighted by Gasteiger charge is 2.23. The van der Waals surface area contributed by atoms with Gasteiger partial charge in [-0.15, -0.1) is 0 Å². The molecule has 0 amide bonds. The second kappa shape index (κ2) is 3.70. The Bertz CT molecular complexity index is 346. The molecule has 14 heavy (non-hydrogen) atoms. The number of cyclic esters (lactones) is 1. The van der Waals surface area contributed by atoms with Gasteiger partial charge in [0.15, 0.2) is 0 Å². The summed E-state index contributed by atoms with van der Waals surface area (Å²) in [7, 11) is 0. The highest BCUT2D eigenvalue weighted by Crippen LogP contribution is 2.32. The molecule has 1 fully saturated rings. The minimum Gasteiger partial charge on any atom is -0.508 e. The van der Waals surface area contributed by atoms with E-state index in [-0.39, 0.29) is 17.6 Å². The molecule has 1 aliphatic heterocycles. The summed E-state index contributed by atoms with van der Waals surface area (Å²) in [6.07, 6.45) is 1.17. The van der Waals surface area contributed by atoms with Gasteiger partial charge in [0.25, 0.3) is 0 Å². The predicted molar refractivity (Wildman–Crippen MR) is 51.0 cm³/mol. The molecule has 0 radical (unpaired) electrons. The number of ether oxygens (including phenoxy) is 1. The zero-order valence-electron chi connectivity index (χ0n) is 7.77. The van der Waals surface area contributed by atoms with Gasteiger partial charge in [-0.05, 0) is 18.1 Å². The number of esters is 1. The monoisotopic (exact) mass is 192 g/mol. The molecule has 0 saturated carbocycles. The Balaban J connectivity index is 2.22. The van der Waals surface area contributed by atoms with Gasteiger partial charge in [0.05, 0.1) is 13.0 Å². The van der Waals surface area contributed by atoms with Crippen LogP contribution in [0.1, 0.15) is 24.3 Å². The SMILES string of the molecule is O=C1CC(c2ccccc2O)CCO1. The third-order valence-corrected chi connectivity index (χ3v) is 2.52. The fraction of sp³-hybridized carbons (Fsp3) is 0.364.